The summed E-state index contributed by atoms with van der Waals surface area (Å²) in [5.41, 5.74) is 1.01. The van der Waals surface area contributed by atoms with E-state index in [9.17, 15) is 13.2 Å². The van der Waals surface area contributed by atoms with E-state index in [-0.39, 0.29) is 18.3 Å². The maximum Gasteiger partial charge on any atom is 0.317 e. The molecule has 0 bridgehead atoms. The second kappa shape index (κ2) is 9.47. The first-order valence-corrected chi connectivity index (χ1v) is 9.42. The zero-order valence-electron chi connectivity index (χ0n) is 15.4. The molecule has 0 spiro atoms. The largest absolute Gasteiger partial charge is 0.493 e. The van der Waals surface area contributed by atoms with Crippen molar-refractivity contribution < 1.29 is 22.7 Å². The molecule has 0 fully saturated rings. The van der Waals surface area contributed by atoms with Gasteiger partial charge in [-0.25, -0.2) is 17.5 Å². The quantitative estimate of drug-likeness (QED) is 0.691. The molecule has 0 atom stereocenters. The van der Waals surface area contributed by atoms with Crippen molar-refractivity contribution in [3.63, 3.8) is 0 Å². The smallest absolute Gasteiger partial charge is 0.317 e. The average molecular weight is 373 g/mol. The number of hydrogen-bond donors (Lipinski definition) is 1. The summed E-state index contributed by atoms with van der Waals surface area (Å²) in [5, 5.41) is 2.61. The van der Waals surface area contributed by atoms with Crippen LogP contribution >= 0.6 is 0 Å². The fourth-order valence-corrected chi connectivity index (χ4v) is 2.76. The number of rotatable bonds is 9. The first-order chi connectivity index (χ1) is 11.7. The van der Waals surface area contributed by atoms with Gasteiger partial charge in [-0.2, -0.15) is 0 Å². The molecule has 9 heteroatoms. The van der Waals surface area contributed by atoms with Crippen LogP contribution in [0, 0.1) is 0 Å². The number of sulfonamides is 1. The molecular formula is C16H27N3O5S. The molecule has 1 rings (SSSR count). The molecule has 0 aliphatic rings. The van der Waals surface area contributed by atoms with Gasteiger partial charge in [0.25, 0.3) is 0 Å². The summed E-state index contributed by atoms with van der Waals surface area (Å²) in [5.74, 6) is 1.16. The van der Waals surface area contributed by atoms with Crippen LogP contribution in [0.3, 0.4) is 0 Å². The van der Waals surface area contributed by atoms with E-state index in [1.807, 2.05) is 18.2 Å². The van der Waals surface area contributed by atoms with E-state index in [1.165, 1.54) is 19.0 Å². The normalized spacial score (nSPS) is 11.3. The highest BCUT2D eigenvalue weighted by Crippen LogP contribution is 2.27. The number of nitrogens with one attached hydrogen (secondary N) is 1. The molecule has 0 unspecified atom stereocenters. The number of carbonyl (C=O) groups excluding carboxylic acids is 1. The highest BCUT2D eigenvalue weighted by Gasteiger charge is 2.15. The molecule has 1 aromatic rings. The molecule has 2 amide bonds. The Labute approximate surface area is 149 Å². The van der Waals surface area contributed by atoms with Crippen molar-refractivity contribution in [1.29, 1.82) is 0 Å². The van der Waals surface area contributed by atoms with E-state index < -0.39 is 10.0 Å². The fourth-order valence-electron chi connectivity index (χ4n) is 2.04. The number of hydrogen-bond acceptors (Lipinski definition) is 5. The van der Waals surface area contributed by atoms with Gasteiger partial charge >= 0.3 is 6.03 Å². The minimum absolute atomic E-state index is 0.0695. The van der Waals surface area contributed by atoms with Gasteiger partial charge in [-0.3, -0.25) is 0 Å². The van der Waals surface area contributed by atoms with Crippen molar-refractivity contribution in [1.82, 2.24) is 14.5 Å². The summed E-state index contributed by atoms with van der Waals surface area (Å²) in [6.07, 6.45) is 0.639. The Morgan fingerprint density at radius 2 is 1.76 bits per heavy atom. The molecule has 0 aromatic heterocycles. The van der Waals surface area contributed by atoms with Crippen LogP contribution in [0.4, 0.5) is 4.79 Å². The zero-order valence-corrected chi connectivity index (χ0v) is 16.2. The molecule has 0 heterocycles. The van der Waals surface area contributed by atoms with Crippen LogP contribution < -0.4 is 14.8 Å². The summed E-state index contributed by atoms with van der Waals surface area (Å²) >= 11 is 0. The molecule has 0 radical (unpaired) electrons. The minimum atomic E-state index is -3.31. The van der Waals surface area contributed by atoms with E-state index in [2.05, 4.69) is 5.32 Å². The van der Waals surface area contributed by atoms with Crippen molar-refractivity contribution in [2.75, 3.05) is 54.2 Å². The van der Waals surface area contributed by atoms with Crippen molar-refractivity contribution in [2.45, 2.75) is 6.42 Å². The molecule has 25 heavy (non-hydrogen) atoms. The van der Waals surface area contributed by atoms with Gasteiger partial charge in [0, 0.05) is 34.2 Å². The molecule has 142 valence electrons. The summed E-state index contributed by atoms with van der Waals surface area (Å²) in [6, 6.07) is 5.29. The van der Waals surface area contributed by atoms with Crippen LogP contribution in [0.15, 0.2) is 18.2 Å². The molecule has 0 aliphatic heterocycles. The maximum atomic E-state index is 12.0. The van der Waals surface area contributed by atoms with Crippen molar-refractivity contribution in [3.8, 4) is 11.5 Å². The summed E-state index contributed by atoms with van der Waals surface area (Å²) < 4.78 is 34.9. The van der Waals surface area contributed by atoms with Crippen molar-refractivity contribution >= 4 is 16.1 Å². The Morgan fingerprint density at radius 1 is 1.12 bits per heavy atom. The standard InChI is InChI=1S/C16H27N3O5S/c1-18(2)25(21,22)11-9-17-16(20)19(3)10-8-13-6-7-14(23-4)15(12-13)24-5/h6-7,12H,8-11H2,1-5H3,(H,17,20). The van der Waals surface area contributed by atoms with Gasteiger partial charge in [-0.05, 0) is 24.1 Å². The van der Waals surface area contributed by atoms with Gasteiger partial charge in [0.15, 0.2) is 11.5 Å². The summed E-state index contributed by atoms with van der Waals surface area (Å²) in [4.78, 5) is 13.5. The number of ether oxygens (including phenoxy) is 2. The van der Waals surface area contributed by atoms with Crippen molar-refractivity contribution in [3.05, 3.63) is 23.8 Å². The Kier molecular flexibility index (Phi) is 7.98. The van der Waals surface area contributed by atoms with Crippen molar-refractivity contribution in [2.24, 2.45) is 0 Å². The van der Waals surface area contributed by atoms with Gasteiger partial charge in [0.2, 0.25) is 10.0 Å². The monoisotopic (exact) mass is 373 g/mol. The molecule has 8 nitrogen and oxygen atoms in total. The molecule has 0 saturated heterocycles. The molecule has 0 aliphatic carbocycles. The fraction of sp³-hybridized carbons (Fsp3) is 0.562. The third kappa shape index (κ3) is 6.43. The van der Waals surface area contributed by atoms with Gasteiger partial charge in [0.05, 0.1) is 20.0 Å². The maximum absolute atomic E-state index is 12.0. The lowest BCUT2D eigenvalue weighted by Crippen LogP contribution is -2.41. The van der Waals surface area contributed by atoms with Crippen LogP contribution in [-0.4, -0.2) is 77.9 Å². The predicted octanol–water partition coefficient (Wildman–Crippen LogP) is 0.779. The zero-order chi connectivity index (χ0) is 19.0. The number of carbonyl (C=O) groups is 1. The first kappa shape index (κ1) is 21.0. The topological polar surface area (TPSA) is 88.2 Å². The first-order valence-electron chi connectivity index (χ1n) is 7.81. The van der Waals surface area contributed by atoms with E-state index in [1.54, 1.807) is 21.3 Å². The number of urea groups is 1. The molecular weight excluding hydrogens is 346 g/mol. The van der Waals surface area contributed by atoms with E-state index >= 15 is 0 Å². The minimum Gasteiger partial charge on any atom is -0.493 e. The third-order valence-corrected chi connectivity index (χ3v) is 5.56. The predicted molar refractivity (Wildman–Crippen MR) is 96.8 cm³/mol. The lowest BCUT2D eigenvalue weighted by Gasteiger charge is -2.19. The van der Waals surface area contributed by atoms with Crippen LogP contribution in [0.1, 0.15) is 5.56 Å². The Bertz CT molecular complexity index is 676. The molecule has 1 aromatic carbocycles. The second-order valence-corrected chi connectivity index (χ2v) is 7.99. The van der Waals surface area contributed by atoms with Gasteiger partial charge in [-0.1, -0.05) is 6.07 Å². The highest BCUT2D eigenvalue weighted by molar-refractivity contribution is 7.89. The van der Waals surface area contributed by atoms with E-state index in [0.29, 0.717) is 24.5 Å². The molecule has 0 saturated carbocycles. The van der Waals surface area contributed by atoms with E-state index in [4.69, 9.17) is 9.47 Å². The Balaban J connectivity index is 2.48. The lowest BCUT2D eigenvalue weighted by atomic mass is 10.1. The number of nitrogens with zero attached hydrogens (tertiary/aromatic N) is 2. The number of likely N-dealkylation sites (N-methyl/N-ethyl adjacent to an activating group) is 1. The van der Waals surface area contributed by atoms with Gasteiger partial charge in [-0.15, -0.1) is 0 Å². The number of amides is 2. The van der Waals surface area contributed by atoms with E-state index in [0.717, 1.165) is 9.87 Å². The molecule has 1 N–H and O–H groups in total. The number of methoxy groups -OCH3 is 2. The summed E-state index contributed by atoms with van der Waals surface area (Å²) in [7, 11) is 4.43. The second-order valence-electron chi connectivity index (χ2n) is 5.69. The summed E-state index contributed by atoms with van der Waals surface area (Å²) in [6.45, 7) is 0.557. The average Bonchev–Trinajstić information content (AvgIpc) is 2.58. The SMILES string of the molecule is COc1ccc(CCN(C)C(=O)NCCS(=O)(=O)N(C)C)cc1OC. The van der Waals surface area contributed by atoms with Gasteiger partial charge in [0.1, 0.15) is 0 Å². The van der Waals surface area contributed by atoms with Crippen LogP contribution in [0.25, 0.3) is 0 Å². The Morgan fingerprint density at radius 3 is 2.32 bits per heavy atom. The van der Waals surface area contributed by atoms with Crippen LogP contribution in [0.2, 0.25) is 0 Å². The third-order valence-electron chi connectivity index (χ3n) is 3.72. The lowest BCUT2D eigenvalue weighted by molar-refractivity contribution is 0.210. The highest BCUT2D eigenvalue weighted by atomic mass is 32.2. The van der Waals surface area contributed by atoms with Crippen LogP contribution in [0.5, 0.6) is 11.5 Å². The van der Waals surface area contributed by atoms with Crippen LogP contribution in [-0.2, 0) is 16.4 Å². The Hall–Kier alpha value is -2.00. The number of benzene rings is 1. The van der Waals surface area contributed by atoms with Gasteiger partial charge < -0.3 is 19.7 Å².